The Labute approximate surface area is 131 Å². The summed E-state index contributed by atoms with van der Waals surface area (Å²) in [5.41, 5.74) is 0. The van der Waals surface area contributed by atoms with Crippen LogP contribution >= 0.6 is 34.5 Å². The summed E-state index contributed by atoms with van der Waals surface area (Å²) in [5.74, 6) is 1.25. The Bertz CT molecular complexity index is 637. The molecule has 6 heteroatoms. The molecule has 0 N–H and O–H groups in total. The Morgan fingerprint density at radius 1 is 1.35 bits per heavy atom. The zero-order valence-electron chi connectivity index (χ0n) is 11.2. The SMILES string of the molecule is CCCCOc1cc2sc(C(=O)Cl)c(Cl)c2cc1OC. The Morgan fingerprint density at radius 3 is 2.70 bits per heavy atom. The van der Waals surface area contributed by atoms with E-state index in [0.717, 1.165) is 22.9 Å². The maximum Gasteiger partial charge on any atom is 0.263 e. The maximum atomic E-state index is 11.3. The van der Waals surface area contributed by atoms with Crippen molar-refractivity contribution in [3.8, 4) is 11.5 Å². The summed E-state index contributed by atoms with van der Waals surface area (Å²) in [4.78, 5) is 11.7. The van der Waals surface area contributed by atoms with Crippen LogP contribution in [0.1, 0.15) is 29.4 Å². The average molecular weight is 333 g/mol. The van der Waals surface area contributed by atoms with E-state index in [1.54, 1.807) is 13.2 Å². The fourth-order valence-electron chi connectivity index (χ4n) is 1.80. The van der Waals surface area contributed by atoms with Crippen LogP contribution in [0.3, 0.4) is 0 Å². The highest BCUT2D eigenvalue weighted by Gasteiger charge is 2.18. The molecular formula is C14H14Cl2O3S. The predicted octanol–water partition coefficient (Wildman–Crippen LogP) is 5.12. The van der Waals surface area contributed by atoms with E-state index in [9.17, 15) is 4.79 Å². The van der Waals surface area contributed by atoms with Crippen molar-refractivity contribution in [2.24, 2.45) is 0 Å². The number of hydrogen-bond acceptors (Lipinski definition) is 4. The normalized spacial score (nSPS) is 10.8. The van der Waals surface area contributed by atoms with E-state index in [-0.39, 0.29) is 0 Å². The van der Waals surface area contributed by atoms with Gasteiger partial charge in [0.2, 0.25) is 0 Å². The summed E-state index contributed by atoms with van der Waals surface area (Å²) >= 11 is 12.9. The van der Waals surface area contributed by atoms with Gasteiger partial charge in [0.25, 0.3) is 5.24 Å². The molecule has 0 aliphatic carbocycles. The van der Waals surface area contributed by atoms with E-state index in [2.05, 4.69) is 6.92 Å². The summed E-state index contributed by atoms with van der Waals surface area (Å²) in [6, 6.07) is 3.61. The molecule has 1 aromatic heterocycles. The van der Waals surface area contributed by atoms with Gasteiger partial charge in [-0.25, -0.2) is 0 Å². The molecular weight excluding hydrogens is 319 g/mol. The van der Waals surface area contributed by atoms with Gasteiger partial charge in [-0.2, -0.15) is 0 Å². The lowest BCUT2D eigenvalue weighted by molar-refractivity contribution is 0.108. The molecule has 0 bridgehead atoms. The van der Waals surface area contributed by atoms with Gasteiger partial charge < -0.3 is 9.47 Å². The number of benzene rings is 1. The van der Waals surface area contributed by atoms with Crippen molar-refractivity contribution in [1.29, 1.82) is 0 Å². The summed E-state index contributed by atoms with van der Waals surface area (Å²) < 4.78 is 11.9. The molecule has 0 unspecified atom stereocenters. The number of halogens is 2. The van der Waals surface area contributed by atoms with Crippen LogP contribution in [0.15, 0.2) is 12.1 Å². The maximum absolute atomic E-state index is 11.3. The Balaban J connectivity index is 2.46. The van der Waals surface area contributed by atoms with Crippen molar-refractivity contribution in [2.75, 3.05) is 13.7 Å². The van der Waals surface area contributed by atoms with Crippen LogP contribution < -0.4 is 9.47 Å². The topological polar surface area (TPSA) is 35.5 Å². The number of carbonyl (C=O) groups excluding carboxylic acids is 1. The second-order valence-corrected chi connectivity index (χ2v) is 5.99. The molecule has 0 saturated heterocycles. The number of carbonyl (C=O) groups is 1. The van der Waals surface area contributed by atoms with Crippen molar-refractivity contribution in [1.82, 2.24) is 0 Å². The van der Waals surface area contributed by atoms with E-state index >= 15 is 0 Å². The number of thiophene rings is 1. The Hall–Kier alpha value is -0.970. The van der Waals surface area contributed by atoms with Crippen molar-refractivity contribution in [3.63, 3.8) is 0 Å². The highest BCUT2D eigenvalue weighted by Crippen LogP contribution is 2.42. The molecule has 2 aromatic rings. The number of fused-ring (bicyclic) bond motifs is 1. The lowest BCUT2D eigenvalue weighted by Gasteiger charge is -2.10. The molecule has 0 amide bonds. The van der Waals surface area contributed by atoms with Crippen LogP contribution in [-0.2, 0) is 0 Å². The smallest absolute Gasteiger partial charge is 0.263 e. The predicted molar refractivity (Wildman–Crippen MR) is 84.0 cm³/mol. The van der Waals surface area contributed by atoms with Crippen LogP contribution in [0.25, 0.3) is 10.1 Å². The van der Waals surface area contributed by atoms with Gasteiger partial charge in [0.1, 0.15) is 4.88 Å². The number of methoxy groups -OCH3 is 1. The molecule has 3 nitrogen and oxygen atoms in total. The summed E-state index contributed by atoms with van der Waals surface area (Å²) in [7, 11) is 1.57. The van der Waals surface area contributed by atoms with Crippen molar-refractivity contribution in [2.45, 2.75) is 19.8 Å². The molecule has 0 aliphatic rings. The zero-order chi connectivity index (χ0) is 14.7. The molecule has 0 fully saturated rings. The molecule has 20 heavy (non-hydrogen) atoms. The third-order valence-electron chi connectivity index (χ3n) is 2.85. The van der Waals surface area contributed by atoms with E-state index in [1.165, 1.54) is 11.3 Å². The third kappa shape index (κ3) is 3.03. The summed E-state index contributed by atoms with van der Waals surface area (Å²) in [6.45, 7) is 2.72. The van der Waals surface area contributed by atoms with Crippen molar-refractivity contribution >= 4 is 49.9 Å². The first-order valence-electron chi connectivity index (χ1n) is 6.21. The van der Waals surface area contributed by atoms with Gasteiger partial charge in [-0.1, -0.05) is 24.9 Å². The van der Waals surface area contributed by atoms with E-state index in [4.69, 9.17) is 32.7 Å². The van der Waals surface area contributed by atoms with Crippen LogP contribution in [0.2, 0.25) is 5.02 Å². The average Bonchev–Trinajstić information content (AvgIpc) is 2.75. The second kappa shape index (κ2) is 6.66. The van der Waals surface area contributed by atoms with Crippen LogP contribution in [0.4, 0.5) is 0 Å². The van der Waals surface area contributed by atoms with Crippen LogP contribution in [-0.4, -0.2) is 19.0 Å². The van der Waals surface area contributed by atoms with E-state index in [1.807, 2.05) is 6.07 Å². The standard InChI is InChI=1S/C14H14Cl2O3S/c1-3-4-5-19-10-7-11-8(6-9(10)18-2)12(15)13(20-11)14(16)17/h6-7H,3-5H2,1-2H3. The molecule has 1 aromatic carbocycles. The number of unbranched alkanes of at least 4 members (excludes halogenated alkanes) is 1. The largest absolute Gasteiger partial charge is 0.493 e. The first-order chi connectivity index (χ1) is 9.58. The summed E-state index contributed by atoms with van der Waals surface area (Å²) in [6.07, 6.45) is 2.03. The molecule has 2 rings (SSSR count). The molecule has 0 spiro atoms. The molecule has 108 valence electrons. The van der Waals surface area contributed by atoms with Gasteiger partial charge >= 0.3 is 0 Å². The fourth-order valence-corrected chi connectivity index (χ4v) is 3.41. The number of hydrogen-bond donors (Lipinski definition) is 0. The molecule has 0 atom stereocenters. The lowest BCUT2D eigenvalue weighted by Crippen LogP contribution is -1.98. The third-order valence-corrected chi connectivity index (χ3v) is 4.80. The first-order valence-corrected chi connectivity index (χ1v) is 7.78. The number of rotatable bonds is 6. The van der Waals surface area contributed by atoms with Crippen LogP contribution in [0.5, 0.6) is 11.5 Å². The molecule has 1 heterocycles. The Morgan fingerprint density at radius 2 is 2.10 bits per heavy atom. The van der Waals surface area contributed by atoms with E-state index in [0.29, 0.717) is 28.0 Å². The van der Waals surface area contributed by atoms with Gasteiger partial charge in [-0.15, -0.1) is 11.3 Å². The minimum atomic E-state index is -0.552. The minimum Gasteiger partial charge on any atom is -0.493 e. The van der Waals surface area contributed by atoms with Gasteiger partial charge in [-0.05, 0) is 24.1 Å². The zero-order valence-corrected chi connectivity index (χ0v) is 13.5. The van der Waals surface area contributed by atoms with Gasteiger partial charge in [-0.3, -0.25) is 4.79 Å². The molecule has 0 radical (unpaired) electrons. The fraction of sp³-hybridized carbons (Fsp3) is 0.357. The van der Waals surface area contributed by atoms with Crippen LogP contribution in [0, 0.1) is 0 Å². The number of ether oxygens (including phenoxy) is 2. The first kappa shape index (κ1) is 15.4. The highest BCUT2D eigenvalue weighted by atomic mass is 35.5. The van der Waals surface area contributed by atoms with E-state index < -0.39 is 5.24 Å². The second-order valence-electron chi connectivity index (χ2n) is 4.22. The van der Waals surface area contributed by atoms with Gasteiger partial charge in [0.15, 0.2) is 11.5 Å². The van der Waals surface area contributed by atoms with Crippen molar-refractivity contribution < 1.29 is 14.3 Å². The molecule has 0 aliphatic heterocycles. The summed E-state index contributed by atoms with van der Waals surface area (Å²) in [5, 5.41) is 0.562. The molecule has 0 saturated carbocycles. The lowest BCUT2D eigenvalue weighted by atomic mass is 10.2. The van der Waals surface area contributed by atoms with Gasteiger partial charge in [0, 0.05) is 16.2 Å². The van der Waals surface area contributed by atoms with Gasteiger partial charge in [0.05, 0.1) is 18.7 Å². The van der Waals surface area contributed by atoms with Crippen molar-refractivity contribution in [3.05, 3.63) is 22.0 Å². The highest BCUT2D eigenvalue weighted by molar-refractivity contribution is 7.23. The monoisotopic (exact) mass is 332 g/mol. The quantitative estimate of drug-likeness (QED) is 0.544. The Kier molecular flexibility index (Phi) is 5.13. The minimum absolute atomic E-state index is 0.344.